The Morgan fingerprint density at radius 3 is 1.16 bits per heavy atom. The number of rotatable bonds is 14. The van der Waals surface area contributed by atoms with Crippen molar-refractivity contribution in [2.75, 3.05) is 0 Å². The molecule has 3 rings (SSSR count). The van der Waals surface area contributed by atoms with E-state index in [-0.39, 0.29) is 28.1 Å². The molecular formula is C46H70O3. The summed E-state index contributed by atoms with van der Waals surface area (Å²) in [5, 5.41) is 33.4. The van der Waals surface area contributed by atoms with E-state index in [1.807, 2.05) is 18.2 Å². The summed E-state index contributed by atoms with van der Waals surface area (Å²) in [5.41, 5.74) is 9.42. The van der Waals surface area contributed by atoms with E-state index in [9.17, 15) is 15.3 Å². The molecule has 3 heteroatoms. The van der Waals surface area contributed by atoms with E-state index in [0.717, 1.165) is 46.2 Å². The molecule has 272 valence electrons. The van der Waals surface area contributed by atoms with Crippen LogP contribution >= 0.6 is 0 Å². The quantitative estimate of drug-likeness (QED) is 0.150. The third-order valence-corrected chi connectivity index (χ3v) is 10.7. The van der Waals surface area contributed by atoms with Gasteiger partial charge in [-0.2, -0.15) is 0 Å². The van der Waals surface area contributed by atoms with Crippen LogP contribution in [0.4, 0.5) is 0 Å². The molecule has 0 aliphatic heterocycles. The van der Waals surface area contributed by atoms with Gasteiger partial charge >= 0.3 is 0 Å². The van der Waals surface area contributed by atoms with E-state index < -0.39 is 0 Å². The van der Waals surface area contributed by atoms with Gasteiger partial charge in [0.1, 0.15) is 17.2 Å². The molecule has 3 aromatic rings. The number of benzene rings is 3. The first-order valence-electron chi connectivity index (χ1n) is 19.2. The van der Waals surface area contributed by atoms with Crippen LogP contribution in [0.1, 0.15) is 195 Å². The lowest BCUT2D eigenvalue weighted by Gasteiger charge is -2.32. The molecule has 3 aromatic carbocycles. The Kier molecular flexibility index (Phi) is 13.5. The molecule has 1 unspecified atom stereocenters. The van der Waals surface area contributed by atoms with Crippen LogP contribution in [0, 0.1) is 20.8 Å². The third kappa shape index (κ3) is 10.5. The molecule has 0 aliphatic rings. The molecule has 0 radical (unpaired) electrons. The second kappa shape index (κ2) is 16.4. The summed E-state index contributed by atoms with van der Waals surface area (Å²) in [5.74, 6) is 1.40. The number of phenols is 3. The average molecular weight is 671 g/mol. The lowest BCUT2D eigenvalue weighted by Crippen LogP contribution is -2.18. The first-order chi connectivity index (χ1) is 22.7. The normalized spacial score (nSPS) is 13.3. The molecule has 0 aromatic heterocycles. The minimum atomic E-state index is -0.219. The van der Waals surface area contributed by atoms with Crippen molar-refractivity contribution in [2.45, 2.75) is 182 Å². The Hall–Kier alpha value is -2.94. The summed E-state index contributed by atoms with van der Waals surface area (Å²) in [6.45, 7) is 28.2. The monoisotopic (exact) mass is 671 g/mol. The summed E-state index contributed by atoms with van der Waals surface area (Å²) in [7, 11) is 0. The maximum atomic E-state index is 11.2. The van der Waals surface area contributed by atoms with E-state index in [1.54, 1.807) is 0 Å². The van der Waals surface area contributed by atoms with Gasteiger partial charge in [-0.3, -0.25) is 0 Å². The fourth-order valence-electron chi connectivity index (χ4n) is 7.75. The second-order valence-corrected chi connectivity index (χ2v) is 18.2. The highest BCUT2D eigenvalue weighted by Crippen LogP contribution is 2.47. The van der Waals surface area contributed by atoms with Crippen molar-refractivity contribution in [3.05, 3.63) is 86.5 Å². The van der Waals surface area contributed by atoms with Gasteiger partial charge in [-0.15, -0.1) is 0 Å². The Balaban J connectivity index is 2.24. The Labute approximate surface area is 300 Å². The fraction of sp³-hybridized carbons (Fsp3) is 0.609. The molecule has 0 heterocycles. The number of hydrogen-bond acceptors (Lipinski definition) is 3. The molecule has 0 amide bonds. The number of phenolic OH excluding ortho intramolecular Hbond substituents is 3. The van der Waals surface area contributed by atoms with E-state index >= 15 is 0 Å². The highest BCUT2D eigenvalue weighted by Gasteiger charge is 2.31. The summed E-state index contributed by atoms with van der Waals surface area (Å²) in [6, 6.07) is 12.7. The molecule has 49 heavy (non-hydrogen) atoms. The summed E-state index contributed by atoms with van der Waals surface area (Å²) in [4.78, 5) is 0. The maximum absolute atomic E-state index is 11.2. The number of aromatic hydroxyl groups is 3. The third-order valence-electron chi connectivity index (χ3n) is 10.7. The summed E-state index contributed by atoms with van der Waals surface area (Å²) in [6.07, 6.45) is 12.2. The van der Waals surface area contributed by atoms with Crippen molar-refractivity contribution in [3.63, 3.8) is 0 Å². The van der Waals surface area contributed by atoms with Gasteiger partial charge in [-0.1, -0.05) is 139 Å². The van der Waals surface area contributed by atoms with Crippen LogP contribution in [0.3, 0.4) is 0 Å². The van der Waals surface area contributed by atoms with Crippen LogP contribution in [0.25, 0.3) is 0 Å². The van der Waals surface area contributed by atoms with E-state index in [0.29, 0.717) is 17.2 Å². The van der Waals surface area contributed by atoms with Crippen molar-refractivity contribution in [2.24, 2.45) is 0 Å². The van der Waals surface area contributed by atoms with Crippen LogP contribution in [-0.2, 0) is 16.2 Å². The van der Waals surface area contributed by atoms with E-state index in [4.69, 9.17) is 0 Å². The van der Waals surface area contributed by atoms with Crippen molar-refractivity contribution in [1.82, 2.24) is 0 Å². The lowest BCUT2D eigenvalue weighted by atomic mass is 9.72. The van der Waals surface area contributed by atoms with Crippen molar-refractivity contribution in [1.29, 1.82) is 0 Å². The largest absolute Gasteiger partial charge is 0.508 e. The average Bonchev–Trinajstić information content (AvgIpc) is 2.95. The summed E-state index contributed by atoms with van der Waals surface area (Å²) >= 11 is 0. The van der Waals surface area contributed by atoms with Gasteiger partial charge in [0.05, 0.1) is 0 Å². The molecule has 0 fully saturated rings. The Bertz CT molecular complexity index is 1470. The predicted molar refractivity (Wildman–Crippen MR) is 211 cm³/mol. The SMILES string of the molecule is CCCCCCCCCCC(CC(c1cc(C(C)(C)C)c(O)cc1C)c1cc(C(C)(C)C)c(O)cc1C)c1cc(C(C)(C)C)c(O)cc1C. The molecule has 0 spiro atoms. The van der Waals surface area contributed by atoms with E-state index in [1.165, 1.54) is 68.1 Å². The molecule has 3 N–H and O–H groups in total. The van der Waals surface area contributed by atoms with Crippen molar-refractivity contribution < 1.29 is 15.3 Å². The Morgan fingerprint density at radius 2 is 0.796 bits per heavy atom. The number of aryl methyl sites for hydroxylation is 3. The number of unbranched alkanes of at least 4 members (excludes halogenated alkanes) is 7. The standard InChI is InChI=1S/C46H70O3/c1-14-15-16-17-18-19-20-21-22-33(34-27-38(44(5,6)7)41(47)23-30(34)2)26-37(35-28-39(45(8,9)10)42(48)24-31(35)3)36-29-40(46(11,12)13)43(49)25-32(36)4/h23-25,27-29,33,37,47-49H,14-22,26H2,1-13H3. The zero-order valence-corrected chi connectivity index (χ0v) is 33.5. The Morgan fingerprint density at radius 1 is 0.469 bits per heavy atom. The molecular weight excluding hydrogens is 601 g/mol. The molecule has 3 nitrogen and oxygen atoms in total. The van der Waals surface area contributed by atoms with Gasteiger partial charge in [0.2, 0.25) is 0 Å². The van der Waals surface area contributed by atoms with Gasteiger partial charge in [-0.05, 0) is 124 Å². The highest BCUT2D eigenvalue weighted by molar-refractivity contribution is 5.53. The molecule has 0 saturated heterocycles. The number of hydrogen-bond donors (Lipinski definition) is 3. The zero-order valence-electron chi connectivity index (χ0n) is 33.5. The van der Waals surface area contributed by atoms with Gasteiger partial charge < -0.3 is 15.3 Å². The molecule has 1 atom stereocenters. The van der Waals surface area contributed by atoms with E-state index in [2.05, 4.69) is 108 Å². The molecule has 0 saturated carbocycles. The highest BCUT2D eigenvalue weighted by atomic mass is 16.3. The first-order valence-corrected chi connectivity index (χ1v) is 19.2. The first kappa shape index (κ1) is 40.5. The fourth-order valence-corrected chi connectivity index (χ4v) is 7.75. The maximum Gasteiger partial charge on any atom is 0.119 e. The molecule has 0 bridgehead atoms. The van der Waals surface area contributed by atoms with Crippen LogP contribution in [-0.4, -0.2) is 15.3 Å². The van der Waals surface area contributed by atoms with Gasteiger partial charge in [0.25, 0.3) is 0 Å². The minimum Gasteiger partial charge on any atom is -0.508 e. The predicted octanol–water partition coefficient (Wildman–Crippen LogP) is 13.5. The zero-order chi connectivity index (χ0) is 36.9. The lowest BCUT2D eigenvalue weighted by molar-refractivity contribution is 0.441. The molecule has 0 aliphatic carbocycles. The van der Waals surface area contributed by atoms with Crippen LogP contribution in [0.15, 0.2) is 36.4 Å². The smallest absolute Gasteiger partial charge is 0.119 e. The minimum absolute atomic E-state index is 0.0498. The van der Waals surface area contributed by atoms with Crippen molar-refractivity contribution in [3.8, 4) is 17.2 Å². The van der Waals surface area contributed by atoms with Gasteiger partial charge in [0, 0.05) is 5.92 Å². The van der Waals surface area contributed by atoms with Crippen LogP contribution in [0.2, 0.25) is 0 Å². The topological polar surface area (TPSA) is 60.7 Å². The van der Waals surface area contributed by atoms with Gasteiger partial charge in [-0.25, -0.2) is 0 Å². The summed E-state index contributed by atoms with van der Waals surface area (Å²) < 4.78 is 0. The van der Waals surface area contributed by atoms with Crippen LogP contribution in [0.5, 0.6) is 17.2 Å². The van der Waals surface area contributed by atoms with Crippen molar-refractivity contribution >= 4 is 0 Å². The second-order valence-electron chi connectivity index (χ2n) is 18.2. The van der Waals surface area contributed by atoms with Gasteiger partial charge in [0.15, 0.2) is 0 Å². The van der Waals surface area contributed by atoms with Crippen LogP contribution < -0.4 is 0 Å².